The van der Waals surface area contributed by atoms with Crippen molar-refractivity contribution in [3.63, 3.8) is 0 Å². The summed E-state index contributed by atoms with van der Waals surface area (Å²) in [5.41, 5.74) is 0.901. The van der Waals surface area contributed by atoms with Gasteiger partial charge in [-0.25, -0.2) is 4.98 Å². The second kappa shape index (κ2) is 6.08. The lowest BCUT2D eigenvalue weighted by Gasteiger charge is -2.07. The van der Waals surface area contributed by atoms with Crippen molar-refractivity contribution in [1.29, 1.82) is 0 Å². The molecule has 1 amide bonds. The number of rotatable bonds is 4. The van der Waals surface area contributed by atoms with Gasteiger partial charge in [0.2, 0.25) is 5.91 Å². The molecule has 3 rings (SSSR count). The number of carbonyl (C=O) groups excluding carboxylic acids is 1. The van der Waals surface area contributed by atoms with Crippen LogP contribution in [-0.2, 0) is 4.79 Å². The minimum Gasteiger partial charge on any atom is -0.301 e. The van der Waals surface area contributed by atoms with Crippen LogP contribution in [0.5, 0.6) is 0 Å². The molecule has 1 aromatic carbocycles. The fourth-order valence-electron chi connectivity index (χ4n) is 1.66. The fraction of sp³-hybridized carbons (Fsp3) is 0.231. The summed E-state index contributed by atoms with van der Waals surface area (Å²) in [5, 5.41) is 12.1. The molecule has 0 spiro atoms. The van der Waals surface area contributed by atoms with Gasteiger partial charge in [0.15, 0.2) is 9.47 Å². The Kier molecular flexibility index (Phi) is 4.18. The zero-order valence-corrected chi connectivity index (χ0v) is 13.8. The van der Waals surface area contributed by atoms with Gasteiger partial charge in [-0.3, -0.25) is 4.79 Å². The number of benzene rings is 1. The summed E-state index contributed by atoms with van der Waals surface area (Å²) >= 11 is 4.38. The molecule has 1 N–H and O–H groups in total. The average molecular weight is 336 g/mol. The highest BCUT2D eigenvalue weighted by molar-refractivity contribution is 8.02. The fourth-order valence-corrected chi connectivity index (χ4v) is 4.49. The van der Waals surface area contributed by atoms with Crippen molar-refractivity contribution >= 4 is 55.7 Å². The minimum absolute atomic E-state index is 0.0769. The first-order chi connectivity index (χ1) is 10.1. The van der Waals surface area contributed by atoms with E-state index in [0.29, 0.717) is 5.13 Å². The van der Waals surface area contributed by atoms with Crippen molar-refractivity contribution in [2.45, 2.75) is 23.4 Å². The van der Waals surface area contributed by atoms with Crippen LogP contribution in [-0.4, -0.2) is 26.3 Å². The molecule has 0 saturated carbocycles. The van der Waals surface area contributed by atoms with Crippen LogP contribution in [0.15, 0.2) is 28.6 Å². The van der Waals surface area contributed by atoms with E-state index in [9.17, 15) is 4.79 Å². The number of para-hydroxylation sites is 1. The Morgan fingerprint density at radius 2 is 2.10 bits per heavy atom. The molecule has 3 aromatic rings. The van der Waals surface area contributed by atoms with Gasteiger partial charge in [0, 0.05) is 0 Å². The molecule has 2 heterocycles. The van der Waals surface area contributed by atoms with Crippen molar-refractivity contribution in [2.24, 2.45) is 0 Å². The van der Waals surface area contributed by atoms with Crippen molar-refractivity contribution in [3.05, 3.63) is 29.3 Å². The van der Waals surface area contributed by atoms with Crippen LogP contribution in [0.3, 0.4) is 0 Å². The molecule has 21 heavy (non-hydrogen) atoms. The standard InChI is InChI=1S/C13H12N4OS3/c1-7(19-13-17-16-8(2)20-13)11(18)15-12-14-9-5-3-4-6-10(9)21-12/h3-7H,1-2H3,(H,14,15,18)/t7-/m1/s1. The van der Waals surface area contributed by atoms with Crippen molar-refractivity contribution in [3.8, 4) is 0 Å². The second-order valence-electron chi connectivity index (χ2n) is 4.32. The quantitative estimate of drug-likeness (QED) is 0.738. The Labute approximate surface area is 133 Å². The Bertz CT molecular complexity index is 749. The number of fused-ring (bicyclic) bond motifs is 1. The van der Waals surface area contributed by atoms with Gasteiger partial charge in [0.05, 0.1) is 15.5 Å². The molecule has 0 aliphatic rings. The van der Waals surface area contributed by atoms with Crippen LogP contribution < -0.4 is 5.32 Å². The average Bonchev–Trinajstić information content (AvgIpc) is 3.04. The lowest BCUT2D eigenvalue weighted by molar-refractivity contribution is -0.115. The maximum atomic E-state index is 12.2. The number of aromatic nitrogens is 3. The highest BCUT2D eigenvalue weighted by atomic mass is 32.2. The molecule has 5 nitrogen and oxygen atoms in total. The highest BCUT2D eigenvalue weighted by Gasteiger charge is 2.18. The van der Waals surface area contributed by atoms with E-state index in [1.807, 2.05) is 38.1 Å². The predicted octanol–water partition coefficient (Wildman–Crippen LogP) is 3.58. The summed E-state index contributed by atoms with van der Waals surface area (Å²) in [7, 11) is 0. The number of hydrogen-bond acceptors (Lipinski definition) is 7. The molecular formula is C13H12N4OS3. The summed E-state index contributed by atoms with van der Waals surface area (Å²) < 4.78 is 1.87. The van der Waals surface area contributed by atoms with Crippen LogP contribution >= 0.6 is 34.4 Å². The molecule has 108 valence electrons. The van der Waals surface area contributed by atoms with Crippen LogP contribution in [0.4, 0.5) is 5.13 Å². The number of anilines is 1. The number of hydrogen-bond donors (Lipinski definition) is 1. The van der Waals surface area contributed by atoms with Crippen molar-refractivity contribution in [2.75, 3.05) is 5.32 Å². The molecule has 0 aliphatic heterocycles. The summed E-state index contributed by atoms with van der Waals surface area (Å²) in [5.74, 6) is -0.0769. The van der Waals surface area contributed by atoms with Gasteiger partial charge in [-0.15, -0.1) is 10.2 Å². The largest absolute Gasteiger partial charge is 0.301 e. The third kappa shape index (κ3) is 3.39. The summed E-state index contributed by atoms with van der Waals surface area (Å²) in [6.45, 7) is 3.75. The van der Waals surface area contributed by atoms with Crippen LogP contribution in [0.1, 0.15) is 11.9 Å². The van der Waals surface area contributed by atoms with Gasteiger partial charge >= 0.3 is 0 Å². The molecule has 1 atom stereocenters. The lowest BCUT2D eigenvalue weighted by Crippen LogP contribution is -2.22. The number of nitrogens with zero attached hydrogens (tertiary/aromatic N) is 3. The first-order valence-electron chi connectivity index (χ1n) is 6.25. The van der Waals surface area contributed by atoms with E-state index in [2.05, 4.69) is 20.5 Å². The lowest BCUT2D eigenvalue weighted by atomic mass is 10.3. The first-order valence-corrected chi connectivity index (χ1v) is 8.76. The Balaban J connectivity index is 1.67. The van der Waals surface area contributed by atoms with Crippen molar-refractivity contribution < 1.29 is 4.79 Å². The Morgan fingerprint density at radius 1 is 1.29 bits per heavy atom. The van der Waals surface area contributed by atoms with Crippen LogP contribution in [0.25, 0.3) is 10.2 Å². The summed E-state index contributed by atoms with van der Waals surface area (Å²) in [4.78, 5) is 16.6. The Hall–Kier alpha value is -1.51. The van der Waals surface area contributed by atoms with Crippen LogP contribution in [0.2, 0.25) is 0 Å². The van der Waals surface area contributed by atoms with E-state index < -0.39 is 0 Å². The monoisotopic (exact) mass is 336 g/mol. The number of amides is 1. The number of thioether (sulfide) groups is 1. The molecule has 0 fully saturated rings. The van der Waals surface area contributed by atoms with E-state index in [0.717, 1.165) is 19.6 Å². The van der Waals surface area contributed by atoms with E-state index >= 15 is 0 Å². The smallest absolute Gasteiger partial charge is 0.239 e. The maximum absolute atomic E-state index is 12.2. The minimum atomic E-state index is -0.246. The summed E-state index contributed by atoms with van der Waals surface area (Å²) in [6.07, 6.45) is 0. The Morgan fingerprint density at radius 3 is 2.81 bits per heavy atom. The first kappa shape index (κ1) is 14.4. The zero-order valence-electron chi connectivity index (χ0n) is 11.4. The SMILES string of the molecule is Cc1nnc(S[C@H](C)C(=O)Nc2nc3ccccc3s2)s1. The molecule has 0 bridgehead atoms. The van der Waals surface area contributed by atoms with E-state index in [1.165, 1.54) is 34.4 Å². The van der Waals surface area contributed by atoms with Gasteiger partial charge in [-0.2, -0.15) is 0 Å². The number of aryl methyl sites for hydroxylation is 1. The molecule has 0 radical (unpaired) electrons. The molecule has 0 saturated heterocycles. The third-order valence-corrected chi connectivity index (χ3v) is 5.65. The van der Waals surface area contributed by atoms with E-state index in [1.54, 1.807) is 0 Å². The van der Waals surface area contributed by atoms with Gasteiger partial charge < -0.3 is 5.32 Å². The predicted molar refractivity (Wildman–Crippen MR) is 88.2 cm³/mol. The van der Waals surface area contributed by atoms with Crippen molar-refractivity contribution in [1.82, 2.24) is 15.2 Å². The van der Waals surface area contributed by atoms with Crippen LogP contribution in [0, 0.1) is 6.92 Å². The maximum Gasteiger partial charge on any atom is 0.239 e. The zero-order chi connectivity index (χ0) is 14.8. The molecule has 0 unspecified atom stereocenters. The van der Waals surface area contributed by atoms with E-state index in [4.69, 9.17) is 0 Å². The number of carbonyl (C=O) groups is 1. The van der Waals surface area contributed by atoms with Gasteiger partial charge in [-0.1, -0.05) is 46.6 Å². The highest BCUT2D eigenvalue weighted by Crippen LogP contribution is 2.29. The van der Waals surface area contributed by atoms with Gasteiger partial charge in [0.1, 0.15) is 5.01 Å². The topological polar surface area (TPSA) is 67.8 Å². The molecule has 0 aliphatic carbocycles. The third-order valence-electron chi connectivity index (χ3n) is 2.68. The number of thiazole rings is 1. The van der Waals surface area contributed by atoms with E-state index in [-0.39, 0.29) is 11.2 Å². The number of nitrogens with one attached hydrogen (secondary N) is 1. The molecular weight excluding hydrogens is 324 g/mol. The summed E-state index contributed by atoms with van der Waals surface area (Å²) in [6, 6.07) is 7.82. The molecule has 2 aromatic heterocycles. The normalized spacial score (nSPS) is 12.5. The molecule has 8 heteroatoms. The second-order valence-corrected chi connectivity index (χ2v) is 8.12. The van der Waals surface area contributed by atoms with Gasteiger partial charge in [-0.05, 0) is 26.0 Å². The van der Waals surface area contributed by atoms with Gasteiger partial charge in [0.25, 0.3) is 0 Å².